The van der Waals surface area contributed by atoms with E-state index in [1.165, 1.54) is 0 Å². The summed E-state index contributed by atoms with van der Waals surface area (Å²) in [6.07, 6.45) is 1.90. The van der Waals surface area contributed by atoms with Crippen LogP contribution in [-0.2, 0) is 14.3 Å². The van der Waals surface area contributed by atoms with Gasteiger partial charge in [-0.25, -0.2) is 4.79 Å². The number of primary amides is 1. The average Bonchev–Trinajstić information content (AvgIpc) is 2.90. The highest BCUT2D eigenvalue weighted by atomic mass is 32.1. The standard InChI is InChI=1S/C18H24N2O6S/c1-8(2)26-18(25)13-9(3)12(14(19)21)16(27-13)20-15(22)10-6-4-5-7-11(10)17(23)24/h8,10-11H,4-7H2,1-3H3,(H2,19,21)(H,20,22)(H,23,24)/p-1/t10-,11-/m0/s1. The first-order chi connectivity index (χ1) is 12.6. The minimum absolute atomic E-state index is 0.0323. The number of aliphatic carboxylic acids is 1. The molecule has 0 radical (unpaired) electrons. The monoisotopic (exact) mass is 395 g/mol. The van der Waals surface area contributed by atoms with E-state index in [4.69, 9.17) is 10.5 Å². The number of anilines is 1. The lowest BCUT2D eigenvalue weighted by atomic mass is 9.79. The number of ether oxygens (including phenoxy) is 1. The molecule has 148 valence electrons. The number of carbonyl (C=O) groups is 4. The number of thiophene rings is 1. The zero-order chi connectivity index (χ0) is 20.3. The third-order valence-corrected chi connectivity index (χ3v) is 5.75. The molecular weight excluding hydrogens is 372 g/mol. The van der Waals surface area contributed by atoms with E-state index in [9.17, 15) is 24.3 Å². The number of amides is 2. The molecule has 1 aromatic rings. The number of hydrogen-bond donors (Lipinski definition) is 2. The number of carboxylic acid groups (broad SMARTS) is 1. The van der Waals surface area contributed by atoms with Crippen LogP contribution >= 0.6 is 11.3 Å². The van der Waals surface area contributed by atoms with E-state index in [0.717, 1.165) is 24.2 Å². The van der Waals surface area contributed by atoms with E-state index >= 15 is 0 Å². The Morgan fingerprint density at radius 1 is 1.19 bits per heavy atom. The predicted molar refractivity (Wildman–Crippen MR) is 97.2 cm³/mol. The summed E-state index contributed by atoms with van der Waals surface area (Å²) in [4.78, 5) is 48.2. The van der Waals surface area contributed by atoms with Crippen LogP contribution in [0.5, 0.6) is 0 Å². The van der Waals surface area contributed by atoms with Gasteiger partial charge in [0.05, 0.1) is 11.7 Å². The highest BCUT2D eigenvalue weighted by Gasteiger charge is 2.33. The fourth-order valence-electron chi connectivity index (χ4n) is 3.29. The lowest BCUT2D eigenvalue weighted by Gasteiger charge is -2.31. The van der Waals surface area contributed by atoms with Crippen LogP contribution in [0.15, 0.2) is 0 Å². The van der Waals surface area contributed by atoms with E-state index in [1.54, 1.807) is 20.8 Å². The van der Waals surface area contributed by atoms with E-state index in [2.05, 4.69) is 5.32 Å². The molecule has 0 aromatic carbocycles. The van der Waals surface area contributed by atoms with Crippen molar-refractivity contribution in [2.24, 2.45) is 17.6 Å². The summed E-state index contributed by atoms with van der Waals surface area (Å²) in [5.41, 5.74) is 5.78. The molecule has 9 heteroatoms. The Morgan fingerprint density at radius 3 is 2.30 bits per heavy atom. The van der Waals surface area contributed by atoms with Gasteiger partial charge in [-0.05, 0) is 39.2 Å². The molecule has 27 heavy (non-hydrogen) atoms. The SMILES string of the molecule is Cc1c(C(=O)OC(C)C)sc(NC(=O)[C@H]2CCCC[C@@H]2C(=O)[O-])c1C(N)=O. The van der Waals surface area contributed by atoms with Gasteiger partial charge in [-0.1, -0.05) is 12.8 Å². The lowest BCUT2D eigenvalue weighted by molar-refractivity contribution is -0.313. The fourth-order valence-corrected chi connectivity index (χ4v) is 4.39. The van der Waals surface area contributed by atoms with E-state index in [0.29, 0.717) is 18.4 Å². The maximum atomic E-state index is 12.7. The third-order valence-electron chi connectivity index (χ3n) is 4.56. The van der Waals surface area contributed by atoms with Crippen LogP contribution < -0.4 is 16.2 Å². The predicted octanol–water partition coefficient (Wildman–Crippen LogP) is 1.22. The summed E-state index contributed by atoms with van der Waals surface area (Å²) in [7, 11) is 0. The van der Waals surface area contributed by atoms with Crippen molar-refractivity contribution in [3.63, 3.8) is 0 Å². The minimum atomic E-state index is -1.26. The molecule has 2 atom stereocenters. The number of carbonyl (C=O) groups excluding carboxylic acids is 4. The Kier molecular flexibility index (Phi) is 6.59. The summed E-state index contributed by atoms with van der Waals surface area (Å²) in [6.45, 7) is 4.94. The second kappa shape index (κ2) is 8.51. The summed E-state index contributed by atoms with van der Waals surface area (Å²) < 4.78 is 5.16. The van der Waals surface area contributed by atoms with Gasteiger partial charge in [0, 0.05) is 17.8 Å². The van der Waals surface area contributed by atoms with Gasteiger partial charge < -0.3 is 25.7 Å². The van der Waals surface area contributed by atoms with Crippen molar-refractivity contribution >= 4 is 40.1 Å². The van der Waals surface area contributed by atoms with Crippen molar-refractivity contribution in [3.8, 4) is 0 Å². The molecule has 1 aliphatic carbocycles. The summed E-state index contributed by atoms with van der Waals surface area (Å²) in [5.74, 6) is -4.80. The largest absolute Gasteiger partial charge is 0.550 e. The molecule has 2 rings (SSSR count). The summed E-state index contributed by atoms with van der Waals surface area (Å²) in [5, 5.41) is 14.0. The second-order valence-electron chi connectivity index (χ2n) is 6.88. The normalized spacial score (nSPS) is 19.6. The maximum absolute atomic E-state index is 12.7. The molecule has 1 fully saturated rings. The first-order valence-electron chi connectivity index (χ1n) is 8.79. The third kappa shape index (κ3) is 4.65. The zero-order valence-corrected chi connectivity index (χ0v) is 16.3. The molecule has 0 saturated heterocycles. The molecule has 1 saturated carbocycles. The molecule has 2 amide bonds. The molecule has 3 N–H and O–H groups in total. The van der Waals surface area contributed by atoms with Crippen LogP contribution in [0.25, 0.3) is 0 Å². The first kappa shape index (κ1) is 20.9. The van der Waals surface area contributed by atoms with Gasteiger partial charge in [-0.3, -0.25) is 9.59 Å². The van der Waals surface area contributed by atoms with Crippen molar-refractivity contribution in [2.45, 2.75) is 52.6 Å². The van der Waals surface area contributed by atoms with Crippen LogP contribution in [0.3, 0.4) is 0 Å². The van der Waals surface area contributed by atoms with Crippen LogP contribution in [0.4, 0.5) is 5.00 Å². The van der Waals surface area contributed by atoms with Crippen molar-refractivity contribution in [1.29, 1.82) is 0 Å². The molecular formula is C18H23N2O6S-. The van der Waals surface area contributed by atoms with Gasteiger partial charge in [-0.15, -0.1) is 11.3 Å². The van der Waals surface area contributed by atoms with Gasteiger partial charge in [-0.2, -0.15) is 0 Å². The average molecular weight is 395 g/mol. The number of esters is 1. The Hall–Kier alpha value is -2.42. The van der Waals surface area contributed by atoms with E-state index < -0.39 is 35.6 Å². The number of nitrogens with two attached hydrogens (primary N) is 1. The van der Waals surface area contributed by atoms with Gasteiger partial charge in [0.1, 0.15) is 9.88 Å². The first-order valence-corrected chi connectivity index (χ1v) is 9.61. The van der Waals surface area contributed by atoms with Gasteiger partial charge in [0.15, 0.2) is 0 Å². The Labute approximate surface area is 161 Å². The van der Waals surface area contributed by atoms with Gasteiger partial charge >= 0.3 is 5.97 Å². The van der Waals surface area contributed by atoms with Crippen LogP contribution in [0.1, 0.15) is 65.1 Å². The summed E-state index contributed by atoms with van der Waals surface area (Å²) >= 11 is 0.896. The van der Waals surface area contributed by atoms with E-state index in [1.807, 2.05) is 0 Å². The zero-order valence-electron chi connectivity index (χ0n) is 15.5. The molecule has 0 bridgehead atoms. The van der Waals surface area contributed by atoms with Gasteiger partial charge in [0.25, 0.3) is 5.91 Å². The highest BCUT2D eigenvalue weighted by molar-refractivity contribution is 7.18. The smallest absolute Gasteiger partial charge is 0.348 e. The molecule has 0 aliphatic heterocycles. The maximum Gasteiger partial charge on any atom is 0.348 e. The topological polar surface area (TPSA) is 139 Å². The highest BCUT2D eigenvalue weighted by Crippen LogP contribution is 2.36. The second-order valence-corrected chi connectivity index (χ2v) is 7.90. The molecule has 0 spiro atoms. The molecule has 1 heterocycles. The minimum Gasteiger partial charge on any atom is -0.550 e. The van der Waals surface area contributed by atoms with E-state index in [-0.39, 0.29) is 21.5 Å². The number of nitrogens with one attached hydrogen (secondary N) is 1. The molecule has 8 nitrogen and oxygen atoms in total. The van der Waals surface area contributed by atoms with Crippen molar-refractivity contribution in [3.05, 3.63) is 16.0 Å². The van der Waals surface area contributed by atoms with Crippen molar-refractivity contribution in [1.82, 2.24) is 0 Å². The van der Waals surface area contributed by atoms with Crippen LogP contribution in [0.2, 0.25) is 0 Å². The van der Waals surface area contributed by atoms with Crippen molar-refractivity contribution in [2.75, 3.05) is 5.32 Å². The Morgan fingerprint density at radius 2 is 1.78 bits per heavy atom. The van der Waals surface area contributed by atoms with Crippen molar-refractivity contribution < 1.29 is 29.0 Å². The van der Waals surface area contributed by atoms with Crippen LogP contribution in [-0.4, -0.2) is 29.9 Å². The quantitative estimate of drug-likeness (QED) is 0.694. The summed E-state index contributed by atoms with van der Waals surface area (Å²) in [6, 6.07) is 0. The Balaban J connectivity index is 2.31. The number of rotatable bonds is 6. The molecule has 1 aromatic heterocycles. The number of hydrogen-bond acceptors (Lipinski definition) is 7. The molecule has 1 aliphatic rings. The van der Waals surface area contributed by atoms with Crippen LogP contribution in [0, 0.1) is 18.8 Å². The lowest BCUT2D eigenvalue weighted by Crippen LogP contribution is -2.42. The molecule has 0 unspecified atom stereocenters. The fraction of sp³-hybridized carbons (Fsp3) is 0.556. The number of carboxylic acids is 1. The Bertz CT molecular complexity index is 770. The van der Waals surface area contributed by atoms with Gasteiger partial charge in [0.2, 0.25) is 5.91 Å².